The maximum absolute atomic E-state index is 12.0. The SMILES string of the molecule is NNC(=O)C(CN1CCCOCC1)c1ccccc1. The molecule has 0 aromatic heterocycles. The fourth-order valence-electron chi connectivity index (χ4n) is 2.36. The maximum atomic E-state index is 12.0. The first-order valence-corrected chi connectivity index (χ1v) is 6.67. The molecule has 1 saturated heterocycles. The molecule has 0 saturated carbocycles. The highest BCUT2D eigenvalue weighted by atomic mass is 16.5. The fraction of sp³-hybridized carbons (Fsp3) is 0.500. The molecule has 1 fully saturated rings. The molecule has 1 unspecified atom stereocenters. The summed E-state index contributed by atoms with van der Waals surface area (Å²) in [6, 6.07) is 9.76. The molecule has 5 nitrogen and oxygen atoms in total. The lowest BCUT2D eigenvalue weighted by molar-refractivity contribution is -0.123. The van der Waals surface area contributed by atoms with Gasteiger partial charge < -0.3 is 4.74 Å². The van der Waals surface area contributed by atoms with E-state index in [-0.39, 0.29) is 11.8 Å². The molecule has 0 bridgehead atoms. The van der Waals surface area contributed by atoms with Crippen LogP contribution in [0.3, 0.4) is 0 Å². The smallest absolute Gasteiger partial charge is 0.242 e. The Morgan fingerprint density at radius 1 is 1.32 bits per heavy atom. The predicted molar refractivity (Wildman–Crippen MR) is 73.4 cm³/mol. The van der Waals surface area contributed by atoms with E-state index >= 15 is 0 Å². The summed E-state index contributed by atoms with van der Waals surface area (Å²) < 4.78 is 5.43. The van der Waals surface area contributed by atoms with Gasteiger partial charge >= 0.3 is 0 Å². The zero-order valence-electron chi connectivity index (χ0n) is 11.0. The topological polar surface area (TPSA) is 67.6 Å². The van der Waals surface area contributed by atoms with Gasteiger partial charge in [0.05, 0.1) is 12.5 Å². The number of benzene rings is 1. The number of hydrogen-bond donors (Lipinski definition) is 2. The van der Waals surface area contributed by atoms with Crippen molar-refractivity contribution in [1.29, 1.82) is 0 Å². The summed E-state index contributed by atoms with van der Waals surface area (Å²) >= 11 is 0. The maximum Gasteiger partial charge on any atom is 0.242 e. The van der Waals surface area contributed by atoms with Crippen LogP contribution in [0.15, 0.2) is 30.3 Å². The summed E-state index contributed by atoms with van der Waals surface area (Å²) in [7, 11) is 0. The van der Waals surface area contributed by atoms with E-state index < -0.39 is 0 Å². The van der Waals surface area contributed by atoms with Crippen LogP contribution in [0.2, 0.25) is 0 Å². The van der Waals surface area contributed by atoms with Gasteiger partial charge in [0, 0.05) is 26.2 Å². The van der Waals surface area contributed by atoms with E-state index in [1.54, 1.807) is 0 Å². The molecule has 1 aromatic carbocycles. The molecule has 2 rings (SSSR count). The summed E-state index contributed by atoms with van der Waals surface area (Å²) in [6.07, 6.45) is 1.01. The number of nitrogens with one attached hydrogen (secondary N) is 1. The van der Waals surface area contributed by atoms with Gasteiger partial charge in [0.1, 0.15) is 0 Å². The van der Waals surface area contributed by atoms with Gasteiger partial charge in [0.2, 0.25) is 5.91 Å². The second-order valence-corrected chi connectivity index (χ2v) is 4.74. The van der Waals surface area contributed by atoms with Crippen LogP contribution in [-0.2, 0) is 9.53 Å². The Morgan fingerprint density at radius 2 is 2.11 bits per heavy atom. The fourth-order valence-corrected chi connectivity index (χ4v) is 2.36. The quantitative estimate of drug-likeness (QED) is 0.471. The number of carbonyl (C=O) groups excluding carboxylic acids is 1. The van der Waals surface area contributed by atoms with Gasteiger partial charge in [0.15, 0.2) is 0 Å². The van der Waals surface area contributed by atoms with E-state index in [0.29, 0.717) is 6.54 Å². The Balaban J connectivity index is 2.07. The molecule has 1 amide bonds. The summed E-state index contributed by atoms with van der Waals surface area (Å²) in [5.74, 6) is 4.93. The Kier molecular flexibility index (Phi) is 5.32. The van der Waals surface area contributed by atoms with Crippen LogP contribution >= 0.6 is 0 Å². The van der Waals surface area contributed by atoms with Gasteiger partial charge in [-0.2, -0.15) is 0 Å². The molecular formula is C14H21N3O2. The Morgan fingerprint density at radius 3 is 2.84 bits per heavy atom. The summed E-state index contributed by atoms with van der Waals surface area (Å²) in [5, 5.41) is 0. The monoisotopic (exact) mass is 263 g/mol. The molecular weight excluding hydrogens is 242 g/mol. The average molecular weight is 263 g/mol. The van der Waals surface area contributed by atoms with Gasteiger partial charge in [-0.15, -0.1) is 0 Å². The number of carbonyl (C=O) groups is 1. The zero-order chi connectivity index (χ0) is 13.5. The van der Waals surface area contributed by atoms with E-state index in [1.165, 1.54) is 0 Å². The average Bonchev–Trinajstić information content (AvgIpc) is 2.73. The van der Waals surface area contributed by atoms with Crippen molar-refractivity contribution < 1.29 is 9.53 Å². The second kappa shape index (κ2) is 7.23. The van der Waals surface area contributed by atoms with Crippen molar-refractivity contribution in [2.45, 2.75) is 12.3 Å². The molecule has 0 radical (unpaired) electrons. The molecule has 1 heterocycles. The van der Waals surface area contributed by atoms with E-state index in [0.717, 1.165) is 38.3 Å². The van der Waals surface area contributed by atoms with E-state index in [2.05, 4.69) is 10.3 Å². The van der Waals surface area contributed by atoms with Gasteiger partial charge in [-0.3, -0.25) is 15.1 Å². The molecule has 1 aromatic rings. The Labute approximate surface area is 113 Å². The van der Waals surface area contributed by atoms with Crippen LogP contribution in [0.25, 0.3) is 0 Å². The highest BCUT2D eigenvalue weighted by molar-refractivity contribution is 5.83. The minimum Gasteiger partial charge on any atom is -0.380 e. The largest absolute Gasteiger partial charge is 0.380 e. The Bertz CT molecular complexity index is 389. The lowest BCUT2D eigenvalue weighted by atomic mass is 9.97. The van der Waals surface area contributed by atoms with Crippen molar-refractivity contribution in [3.05, 3.63) is 35.9 Å². The first kappa shape index (κ1) is 14.0. The van der Waals surface area contributed by atoms with Crippen molar-refractivity contribution >= 4 is 5.91 Å². The molecule has 3 N–H and O–H groups in total. The van der Waals surface area contributed by atoms with Crippen LogP contribution in [0, 0.1) is 0 Å². The minimum atomic E-state index is -0.232. The molecule has 0 aliphatic carbocycles. The Hall–Kier alpha value is -1.43. The van der Waals surface area contributed by atoms with Crippen LogP contribution in [0.4, 0.5) is 0 Å². The van der Waals surface area contributed by atoms with Crippen molar-refractivity contribution in [2.24, 2.45) is 5.84 Å². The molecule has 104 valence electrons. The van der Waals surface area contributed by atoms with Crippen LogP contribution in [0.1, 0.15) is 17.9 Å². The van der Waals surface area contributed by atoms with E-state index in [1.807, 2.05) is 30.3 Å². The van der Waals surface area contributed by atoms with Crippen molar-refractivity contribution in [3.63, 3.8) is 0 Å². The van der Waals surface area contributed by atoms with E-state index in [4.69, 9.17) is 10.6 Å². The first-order valence-electron chi connectivity index (χ1n) is 6.67. The molecule has 1 atom stereocenters. The van der Waals surface area contributed by atoms with Crippen molar-refractivity contribution in [2.75, 3.05) is 32.8 Å². The highest BCUT2D eigenvalue weighted by Crippen LogP contribution is 2.18. The zero-order valence-corrected chi connectivity index (χ0v) is 11.0. The molecule has 1 aliphatic heterocycles. The summed E-state index contributed by atoms with van der Waals surface area (Å²) in [6.45, 7) is 4.03. The lowest BCUT2D eigenvalue weighted by Gasteiger charge is -2.25. The van der Waals surface area contributed by atoms with Crippen LogP contribution in [0.5, 0.6) is 0 Å². The first-order chi connectivity index (χ1) is 9.31. The number of nitrogens with zero attached hydrogens (tertiary/aromatic N) is 1. The molecule has 0 spiro atoms. The van der Waals surface area contributed by atoms with Gasteiger partial charge in [-0.25, -0.2) is 5.84 Å². The highest BCUT2D eigenvalue weighted by Gasteiger charge is 2.23. The number of hydrogen-bond acceptors (Lipinski definition) is 4. The van der Waals surface area contributed by atoms with E-state index in [9.17, 15) is 4.79 Å². The third-order valence-electron chi connectivity index (χ3n) is 3.42. The lowest BCUT2D eigenvalue weighted by Crippen LogP contribution is -2.41. The number of rotatable bonds is 4. The number of amides is 1. The van der Waals surface area contributed by atoms with Crippen LogP contribution in [-0.4, -0.2) is 43.7 Å². The molecule has 19 heavy (non-hydrogen) atoms. The number of ether oxygens (including phenoxy) is 1. The summed E-state index contributed by atoms with van der Waals surface area (Å²) in [4.78, 5) is 14.2. The van der Waals surface area contributed by atoms with Gasteiger partial charge in [-0.1, -0.05) is 30.3 Å². The molecule has 1 aliphatic rings. The number of nitrogens with two attached hydrogens (primary N) is 1. The standard InChI is InChI=1S/C14H21N3O2/c15-16-14(18)13(12-5-2-1-3-6-12)11-17-7-4-9-19-10-8-17/h1-3,5-6,13H,4,7-11,15H2,(H,16,18). The molecule has 5 heteroatoms. The third kappa shape index (κ3) is 4.02. The second-order valence-electron chi connectivity index (χ2n) is 4.74. The number of hydrazine groups is 1. The summed E-state index contributed by atoms with van der Waals surface area (Å²) in [5.41, 5.74) is 3.27. The van der Waals surface area contributed by atoms with Crippen molar-refractivity contribution in [3.8, 4) is 0 Å². The van der Waals surface area contributed by atoms with Crippen LogP contribution < -0.4 is 11.3 Å². The predicted octanol–water partition coefficient (Wildman–Crippen LogP) is 0.482. The minimum absolute atomic E-state index is 0.142. The van der Waals surface area contributed by atoms with Crippen molar-refractivity contribution in [1.82, 2.24) is 10.3 Å². The third-order valence-corrected chi connectivity index (χ3v) is 3.42. The normalized spacial score (nSPS) is 18.6. The van der Waals surface area contributed by atoms with Gasteiger partial charge in [0.25, 0.3) is 0 Å². The van der Waals surface area contributed by atoms with Gasteiger partial charge in [-0.05, 0) is 12.0 Å².